The van der Waals surface area contributed by atoms with Gasteiger partial charge in [-0.15, -0.1) is 0 Å². The van der Waals surface area contributed by atoms with Crippen LogP contribution in [0.2, 0.25) is 0 Å². The molecule has 2 aliphatic carbocycles. The standard InChI is InChI=1S/C13H23NO/c15-13-11-5-4-10(8-11)12(13)9-14-6-2-1-3-7-14/h10-13,15H,1-9H2/t10-,11+,12+,13-/m1/s1. The molecule has 0 spiro atoms. The molecule has 2 bridgehead atoms. The van der Waals surface area contributed by atoms with Gasteiger partial charge in [0.2, 0.25) is 0 Å². The van der Waals surface area contributed by atoms with Crippen molar-refractivity contribution in [2.75, 3.05) is 19.6 Å². The van der Waals surface area contributed by atoms with E-state index in [2.05, 4.69) is 4.90 Å². The van der Waals surface area contributed by atoms with Gasteiger partial charge in [0.15, 0.2) is 0 Å². The van der Waals surface area contributed by atoms with Crippen molar-refractivity contribution in [3.05, 3.63) is 0 Å². The van der Waals surface area contributed by atoms with Crippen LogP contribution < -0.4 is 0 Å². The lowest BCUT2D eigenvalue weighted by Gasteiger charge is -2.34. The first-order chi connectivity index (χ1) is 7.34. The van der Waals surface area contributed by atoms with Crippen LogP contribution in [0.3, 0.4) is 0 Å². The quantitative estimate of drug-likeness (QED) is 0.750. The first-order valence-corrected chi connectivity index (χ1v) is 6.75. The molecule has 1 saturated heterocycles. The number of hydrogen-bond acceptors (Lipinski definition) is 2. The minimum Gasteiger partial charge on any atom is -0.392 e. The third-order valence-electron chi connectivity index (χ3n) is 4.96. The average molecular weight is 209 g/mol. The van der Waals surface area contributed by atoms with Crippen molar-refractivity contribution in [2.24, 2.45) is 17.8 Å². The Morgan fingerprint density at radius 2 is 1.73 bits per heavy atom. The molecule has 0 unspecified atom stereocenters. The Labute approximate surface area is 92.7 Å². The topological polar surface area (TPSA) is 23.5 Å². The third-order valence-corrected chi connectivity index (χ3v) is 4.96. The number of fused-ring (bicyclic) bond motifs is 2. The first-order valence-electron chi connectivity index (χ1n) is 6.75. The highest BCUT2D eigenvalue weighted by atomic mass is 16.3. The molecule has 15 heavy (non-hydrogen) atoms. The molecule has 2 saturated carbocycles. The van der Waals surface area contributed by atoms with Crippen molar-refractivity contribution < 1.29 is 5.11 Å². The summed E-state index contributed by atoms with van der Waals surface area (Å²) in [5.74, 6) is 2.12. The molecule has 3 aliphatic rings. The van der Waals surface area contributed by atoms with Gasteiger partial charge in [-0.3, -0.25) is 0 Å². The molecule has 2 nitrogen and oxygen atoms in total. The highest BCUT2D eigenvalue weighted by Crippen LogP contribution is 2.48. The fourth-order valence-corrected chi connectivity index (χ4v) is 4.08. The Balaban J connectivity index is 1.58. The number of aliphatic hydroxyl groups excluding tert-OH is 1. The SMILES string of the molecule is O[C@@H]1[C@H]2CC[C@H](C2)[C@@H]1CN1CCCCC1. The summed E-state index contributed by atoms with van der Waals surface area (Å²) in [5.41, 5.74) is 0. The lowest BCUT2D eigenvalue weighted by Crippen LogP contribution is -2.40. The molecule has 4 atom stereocenters. The average Bonchev–Trinajstić information content (AvgIpc) is 2.84. The van der Waals surface area contributed by atoms with Gasteiger partial charge in [-0.25, -0.2) is 0 Å². The summed E-state index contributed by atoms with van der Waals surface area (Å²) in [6.07, 6.45) is 8.19. The summed E-state index contributed by atoms with van der Waals surface area (Å²) in [6.45, 7) is 3.74. The van der Waals surface area contributed by atoms with Gasteiger partial charge in [-0.2, -0.15) is 0 Å². The van der Waals surface area contributed by atoms with E-state index < -0.39 is 0 Å². The fourth-order valence-electron chi connectivity index (χ4n) is 4.08. The van der Waals surface area contributed by atoms with Crippen LogP contribution in [0.15, 0.2) is 0 Å². The van der Waals surface area contributed by atoms with Crippen LogP contribution in [0.5, 0.6) is 0 Å². The molecule has 0 radical (unpaired) electrons. The summed E-state index contributed by atoms with van der Waals surface area (Å²) in [5, 5.41) is 10.2. The Morgan fingerprint density at radius 3 is 2.40 bits per heavy atom. The van der Waals surface area contributed by atoms with Gasteiger partial charge in [0.25, 0.3) is 0 Å². The van der Waals surface area contributed by atoms with Crippen LogP contribution in [0.1, 0.15) is 38.5 Å². The number of piperidine rings is 1. The van der Waals surface area contributed by atoms with Crippen LogP contribution in [0, 0.1) is 17.8 Å². The van der Waals surface area contributed by atoms with E-state index in [1.54, 1.807) is 0 Å². The van der Waals surface area contributed by atoms with Crippen molar-refractivity contribution in [1.29, 1.82) is 0 Å². The molecular weight excluding hydrogens is 186 g/mol. The second kappa shape index (κ2) is 4.06. The largest absolute Gasteiger partial charge is 0.392 e. The minimum atomic E-state index is 0.0330. The molecule has 3 rings (SSSR count). The highest BCUT2D eigenvalue weighted by Gasteiger charge is 2.46. The maximum atomic E-state index is 10.2. The maximum Gasteiger partial charge on any atom is 0.0611 e. The lowest BCUT2D eigenvalue weighted by molar-refractivity contribution is 0.0341. The van der Waals surface area contributed by atoms with Gasteiger partial charge in [0.1, 0.15) is 0 Å². The summed E-state index contributed by atoms with van der Waals surface area (Å²) < 4.78 is 0. The molecule has 2 heteroatoms. The van der Waals surface area contributed by atoms with Crippen LogP contribution in [-0.2, 0) is 0 Å². The highest BCUT2D eigenvalue weighted by molar-refractivity contribution is 4.97. The van der Waals surface area contributed by atoms with Gasteiger partial charge in [0, 0.05) is 12.5 Å². The molecule has 3 fully saturated rings. The zero-order chi connectivity index (χ0) is 10.3. The fraction of sp³-hybridized carbons (Fsp3) is 1.00. The molecule has 0 amide bonds. The van der Waals surface area contributed by atoms with Crippen LogP contribution in [-0.4, -0.2) is 35.7 Å². The summed E-state index contributed by atoms with van der Waals surface area (Å²) in [7, 11) is 0. The minimum absolute atomic E-state index is 0.0330. The monoisotopic (exact) mass is 209 g/mol. The number of rotatable bonds is 2. The van der Waals surface area contributed by atoms with Crippen molar-refractivity contribution in [3.63, 3.8) is 0 Å². The van der Waals surface area contributed by atoms with Crippen LogP contribution in [0.25, 0.3) is 0 Å². The van der Waals surface area contributed by atoms with E-state index >= 15 is 0 Å². The molecule has 1 aliphatic heterocycles. The van der Waals surface area contributed by atoms with Crippen LogP contribution in [0.4, 0.5) is 0 Å². The second-order valence-electron chi connectivity index (χ2n) is 5.85. The van der Waals surface area contributed by atoms with Crippen LogP contribution >= 0.6 is 0 Å². The molecule has 86 valence electrons. The van der Waals surface area contributed by atoms with Gasteiger partial charge >= 0.3 is 0 Å². The van der Waals surface area contributed by atoms with Crippen molar-refractivity contribution >= 4 is 0 Å². The molecule has 0 aromatic rings. The molecule has 0 aromatic heterocycles. The van der Waals surface area contributed by atoms with Gasteiger partial charge in [-0.05, 0) is 57.0 Å². The zero-order valence-corrected chi connectivity index (χ0v) is 9.57. The molecule has 0 aromatic carbocycles. The van der Waals surface area contributed by atoms with E-state index in [1.165, 1.54) is 58.2 Å². The van der Waals surface area contributed by atoms with E-state index in [9.17, 15) is 5.11 Å². The first kappa shape index (κ1) is 10.1. The van der Waals surface area contributed by atoms with E-state index in [0.29, 0.717) is 11.8 Å². The lowest BCUT2D eigenvalue weighted by atomic mass is 9.85. The van der Waals surface area contributed by atoms with E-state index in [-0.39, 0.29) is 6.10 Å². The zero-order valence-electron chi connectivity index (χ0n) is 9.57. The van der Waals surface area contributed by atoms with E-state index in [4.69, 9.17) is 0 Å². The molecule has 1 heterocycles. The van der Waals surface area contributed by atoms with Crippen molar-refractivity contribution in [3.8, 4) is 0 Å². The number of hydrogen-bond donors (Lipinski definition) is 1. The maximum absolute atomic E-state index is 10.2. The summed E-state index contributed by atoms with van der Waals surface area (Å²) in [4.78, 5) is 2.60. The number of nitrogens with zero attached hydrogens (tertiary/aromatic N) is 1. The normalized spacial score (nSPS) is 46.2. The second-order valence-corrected chi connectivity index (χ2v) is 5.85. The third kappa shape index (κ3) is 1.83. The van der Waals surface area contributed by atoms with Gasteiger partial charge < -0.3 is 10.0 Å². The van der Waals surface area contributed by atoms with Gasteiger partial charge in [0.05, 0.1) is 6.10 Å². The molecule has 1 N–H and O–H groups in total. The Hall–Kier alpha value is -0.0800. The Morgan fingerprint density at radius 1 is 1.00 bits per heavy atom. The predicted octanol–water partition coefficient (Wildman–Crippen LogP) is 1.88. The Bertz CT molecular complexity index is 223. The summed E-state index contributed by atoms with van der Waals surface area (Å²) in [6, 6.07) is 0. The number of aliphatic hydroxyl groups is 1. The van der Waals surface area contributed by atoms with Crippen molar-refractivity contribution in [1.82, 2.24) is 4.90 Å². The summed E-state index contributed by atoms with van der Waals surface area (Å²) >= 11 is 0. The Kier molecular flexibility index (Phi) is 2.73. The predicted molar refractivity (Wildman–Crippen MR) is 60.6 cm³/mol. The van der Waals surface area contributed by atoms with E-state index in [0.717, 1.165) is 5.92 Å². The number of likely N-dealkylation sites (tertiary alicyclic amines) is 1. The van der Waals surface area contributed by atoms with Crippen molar-refractivity contribution in [2.45, 2.75) is 44.6 Å². The smallest absolute Gasteiger partial charge is 0.0611 e. The van der Waals surface area contributed by atoms with Gasteiger partial charge in [-0.1, -0.05) is 6.42 Å². The van der Waals surface area contributed by atoms with E-state index in [1.807, 2.05) is 0 Å². The molecular formula is C13H23NO.